The van der Waals surface area contributed by atoms with E-state index in [1.807, 2.05) is 42.5 Å². The van der Waals surface area contributed by atoms with Crippen molar-refractivity contribution in [1.82, 2.24) is 9.47 Å². The standard InChI is InChI=1S/C26H26N4O3/c1-2-33-25(31)19-30-18-21(23-10-6-7-11-24(23)30)16-20(17-27)26(32)29-14-12-28(13-15-29)22-8-4-3-5-9-22/h3-11,16,18H,2,12-15,19H2,1H3/b20-16-. The summed E-state index contributed by atoms with van der Waals surface area (Å²) < 4.78 is 6.86. The fourth-order valence-corrected chi connectivity index (χ4v) is 4.14. The van der Waals surface area contributed by atoms with E-state index in [2.05, 4.69) is 23.1 Å². The molecule has 33 heavy (non-hydrogen) atoms. The van der Waals surface area contributed by atoms with Crippen LogP contribution >= 0.6 is 0 Å². The summed E-state index contributed by atoms with van der Waals surface area (Å²) in [6.07, 6.45) is 3.41. The molecule has 0 saturated carbocycles. The van der Waals surface area contributed by atoms with Crippen molar-refractivity contribution in [2.75, 3.05) is 37.7 Å². The number of hydrogen-bond donors (Lipinski definition) is 0. The Balaban J connectivity index is 1.54. The summed E-state index contributed by atoms with van der Waals surface area (Å²) in [6, 6.07) is 19.8. The van der Waals surface area contributed by atoms with Crippen molar-refractivity contribution in [3.8, 4) is 6.07 Å². The summed E-state index contributed by atoms with van der Waals surface area (Å²) in [7, 11) is 0. The largest absolute Gasteiger partial charge is 0.465 e. The number of nitriles is 1. The highest BCUT2D eigenvalue weighted by atomic mass is 16.5. The molecule has 1 saturated heterocycles. The van der Waals surface area contributed by atoms with Gasteiger partial charge >= 0.3 is 5.97 Å². The molecule has 4 rings (SSSR count). The third kappa shape index (κ3) is 4.90. The molecule has 0 unspecified atom stereocenters. The molecule has 1 amide bonds. The van der Waals surface area contributed by atoms with Gasteiger partial charge in [0.2, 0.25) is 0 Å². The van der Waals surface area contributed by atoms with E-state index in [9.17, 15) is 14.9 Å². The summed E-state index contributed by atoms with van der Waals surface area (Å²) in [4.78, 5) is 29.1. The van der Waals surface area contributed by atoms with E-state index in [0.717, 1.165) is 22.2 Å². The zero-order valence-corrected chi connectivity index (χ0v) is 18.6. The fraction of sp³-hybridized carbons (Fsp3) is 0.269. The van der Waals surface area contributed by atoms with Crippen LogP contribution in [-0.2, 0) is 20.9 Å². The number of ether oxygens (including phenoxy) is 1. The third-order valence-corrected chi connectivity index (χ3v) is 5.76. The summed E-state index contributed by atoms with van der Waals surface area (Å²) >= 11 is 0. The van der Waals surface area contributed by atoms with Crippen molar-refractivity contribution in [2.24, 2.45) is 0 Å². The van der Waals surface area contributed by atoms with E-state index in [-0.39, 0.29) is 24.0 Å². The molecule has 0 atom stereocenters. The highest BCUT2D eigenvalue weighted by molar-refractivity contribution is 6.04. The smallest absolute Gasteiger partial charge is 0.325 e. The molecule has 0 aliphatic carbocycles. The second kappa shape index (κ2) is 10.0. The Labute approximate surface area is 193 Å². The second-order valence-corrected chi connectivity index (χ2v) is 7.82. The highest BCUT2D eigenvalue weighted by Gasteiger charge is 2.24. The Morgan fingerprint density at radius 2 is 1.73 bits per heavy atom. The molecule has 0 radical (unpaired) electrons. The highest BCUT2D eigenvalue weighted by Crippen LogP contribution is 2.24. The Bertz CT molecular complexity index is 1220. The lowest BCUT2D eigenvalue weighted by molar-refractivity contribution is -0.143. The second-order valence-electron chi connectivity index (χ2n) is 7.82. The van der Waals surface area contributed by atoms with Gasteiger partial charge in [-0.2, -0.15) is 5.26 Å². The summed E-state index contributed by atoms with van der Waals surface area (Å²) in [5.41, 5.74) is 2.79. The Morgan fingerprint density at radius 1 is 1.03 bits per heavy atom. The molecule has 0 N–H and O–H groups in total. The van der Waals surface area contributed by atoms with Gasteiger partial charge in [0.25, 0.3) is 5.91 Å². The summed E-state index contributed by atoms with van der Waals surface area (Å²) in [6.45, 7) is 4.69. The molecular formula is C26H26N4O3. The SMILES string of the molecule is CCOC(=O)Cn1cc(/C=C(/C#N)C(=O)N2CCN(c3ccccc3)CC2)c2ccccc21. The van der Waals surface area contributed by atoms with E-state index in [1.165, 1.54) is 0 Å². The Kier molecular flexibility index (Phi) is 6.75. The maximum Gasteiger partial charge on any atom is 0.325 e. The number of amides is 1. The van der Waals surface area contributed by atoms with Gasteiger partial charge in [0.05, 0.1) is 6.61 Å². The molecule has 0 spiro atoms. The van der Waals surface area contributed by atoms with E-state index in [4.69, 9.17) is 4.74 Å². The minimum Gasteiger partial charge on any atom is -0.465 e. The van der Waals surface area contributed by atoms with Crippen LogP contribution < -0.4 is 4.90 Å². The molecule has 168 valence electrons. The van der Waals surface area contributed by atoms with Gasteiger partial charge in [-0.25, -0.2) is 0 Å². The van der Waals surface area contributed by atoms with Crippen molar-refractivity contribution < 1.29 is 14.3 Å². The topological polar surface area (TPSA) is 78.6 Å². The monoisotopic (exact) mass is 442 g/mol. The fourth-order valence-electron chi connectivity index (χ4n) is 4.14. The molecule has 1 aromatic heterocycles. The van der Waals surface area contributed by atoms with Gasteiger partial charge in [0, 0.05) is 54.5 Å². The maximum absolute atomic E-state index is 13.1. The van der Waals surface area contributed by atoms with Crippen LogP contribution in [0, 0.1) is 11.3 Å². The Hall–Kier alpha value is -4.05. The molecule has 2 heterocycles. The van der Waals surface area contributed by atoms with Crippen molar-refractivity contribution in [3.05, 3.63) is 71.9 Å². The molecule has 0 bridgehead atoms. The number of hydrogen-bond acceptors (Lipinski definition) is 5. The number of anilines is 1. The molecular weight excluding hydrogens is 416 g/mol. The van der Waals surface area contributed by atoms with E-state index >= 15 is 0 Å². The number of aromatic nitrogens is 1. The van der Waals surface area contributed by atoms with Crippen molar-refractivity contribution >= 4 is 34.5 Å². The molecule has 1 fully saturated rings. The number of rotatable bonds is 6. The van der Waals surface area contributed by atoms with Crippen LogP contribution in [0.2, 0.25) is 0 Å². The number of fused-ring (bicyclic) bond motifs is 1. The molecule has 3 aromatic rings. The van der Waals surface area contributed by atoms with Gasteiger partial charge < -0.3 is 19.1 Å². The third-order valence-electron chi connectivity index (χ3n) is 5.76. The van der Waals surface area contributed by atoms with Gasteiger partial charge in [0.1, 0.15) is 18.2 Å². The minimum atomic E-state index is -0.332. The van der Waals surface area contributed by atoms with Crippen LogP contribution in [0.5, 0.6) is 0 Å². The van der Waals surface area contributed by atoms with Crippen LogP contribution in [0.1, 0.15) is 12.5 Å². The molecule has 7 nitrogen and oxygen atoms in total. The first kappa shape index (κ1) is 22.2. The van der Waals surface area contributed by atoms with Crippen molar-refractivity contribution in [2.45, 2.75) is 13.5 Å². The van der Waals surface area contributed by atoms with Crippen LogP contribution in [0.15, 0.2) is 66.4 Å². The number of piperazine rings is 1. The predicted octanol–water partition coefficient (Wildman–Crippen LogP) is 3.46. The van der Waals surface area contributed by atoms with E-state index < -0.39 is 0 Å². The number of carbonyl (C=O) groups is 2. The average molecular weight is 443 g/mol. The predicted molar refractivity (Wildman–Crippen MR) is 127 cm³/mol. The lowest BCUT2D eigenvalue weighted by atomic mass is 10.1. The van der Waals surface area contributed by atoms with Crippen molar-refractivity contribution in [3.63, 3.8) is 0 Å². The number of nitrogens with zero attached hydrogens (tertiary/aromatic N) is 4. The molecule has 1 aliphatic rings. The molecule has 7 heteroatoms. The quantitative estimate of drug-likeness (QED) is 0.332. The van der Waals surface area contributed by atoms with Crippen molar-refractivity contribution in [1.29, 1.82) is 5.26 Å². The normalized spacial score (nSPS) is 14.2. The number of esters is 1. The van der Waals surface area contributed by atoms with Gasteiger partial charge in [-0.05, 0) is 31.2 Å². The average Bonchev–Trinajstić information content (AvgIpc) is 3.20. The van der Waals surface area contributed by atoms with Crippen LogP contribution in [-0.4, -0.2) is 54.1 Å². The maximum atomic E-state index is 13.1. The van der Waals surface area contributed by atoms with Gasteiger partial charge in [0.15, 0.2) is 0 Å². The number of benzene rings is 2. The van der Waals surface area contributed by atoms with Crippen LogP contribution in [0.25, 0.3) is 17.0 Å². The molecule has 2 aromatic carbocycles. The van der Waals surface area contributed by atoms with Gasteiger partial charge in [-0.1, -0.05) is 36.4 Å². The lowest BCUT2D eigenvalue weighted by Crippen LogP contribution is -2.49. The summed E-state index contributed by atoms with van der Waals surface area (Å²) in [5, 5.41) is 10.6. The first-order valence-corrected chi connectivity index (χ1v) is 11.0. The zero-order chi connectivity index (χ0) is 23.2. The van der Waals surface area contributed by atoms with Crippen LogP contribution in [0.3, 0.4) is 0 Å². The molecule has 1 aliphatic heterocycles. The van der Waals surface area contributed by atoms with E-state index in [1.54, 1.807) is 28.7 Å². The van der Waals surface area contributed by atoms with Gasteiger partial charge in [-0.3, -0.25) is 9.59 Å². The van der Waals surface area contributed by atoms with Gasteiger partial charge in [-0.15, -0.1) is 0 Å². The first-order valence-electron chi connectivity index (χ1n) is 11.0. The van der Waals surface area contributed by atoms with Crippen LogP contribution in [0.4, 0.5) is 5.69 Å². The zero-order valence-electron chi connectivity index (χ0n) is 18.6. The number of carbonyl (C=O) groups excluding carboxylic acids is 2. The number of para-hydroxylation sites is 2. The first-order chi connectivity index (χ1) is 16.1. The Morgan fingerprint density at radius 3 is 2.42 bits per heavy atom. The van der Waals surface area contributed by atoms with E-state index in [0.29, 0.717) is 32.8 Å². The lowest BCUT2D eigenvalue weighted by Gasteiger charge is -2.36. The summed E-state index contributed by atoms with van der Waals surface area (Å²) in [5.74, 6) is -0.603. The minimum absolute atomic E-state index is 0.0689.